The molecule has 27 heavy (non-hydrogen) atoms. The highest BCUT2D eigenvalue weighted by Gasteiger charge is 2.20. The number of aromatic amines is 1. The fourth-order valence-electron chi connectivity index (χ4n) is 3.19. The first kappa shape index (κ1) is 17.0. The predicted octanol–water partition coefficient (Wildman–Crippen LogP) is 2.71. The van der Waals surface area contributed by atoms with Crippen molar-refractivity contribution in [1.82, 2.24) is 19.7 Å². The molecule has 8 heteroatoms. The third-order valence-corrected chi connectivity index (χ3v) is 4.51. The second-order valence-corrected chi connectivity index (χ2v) is 6.70. The van der Waals surface area contributed by atoms with Gasteiger partial charge >= 0.3 is 6.03 Å². The maximum Gasteiger partial charge on any atom is 0.324 e. The number of H-pyrrole nitrogens is 1. The van der Waals surface area contributed by atoms with E-state index in [-0.39, 0.29) is 5.56 Å². The number of anilines is 2. The maximum atomic E-state index is 12.4. The Morgan fingerprint density at radius 2 is 1.93 bits per heavy atom. The largest absolute Gasteiger partial charge is 0.324 e. The molecule has 3 N–H and O–H groups in total. The lowest BCUT2D eigenvalue weighted by atomic mass is 10.2. The van der Waals surface area contributed by atoms with E-state index in [1.807, 2.05) is 38.1 Å². The zero-order valence-corrected chi connectivity index (χ0v) is 15.2. The lowest BCUT2D eigenvalue weighted by molar-refractivity contribution is 0.262. The van der Waals surface area contributed by atoms with Crippen LogP contribution < -0.4 is 16.2 Å². The Balaban J connectivity index is 1.60. The molecule has 0 saturated heterocycles. The molecule has 2 heterocycles. The van der Waals surface area contributed by atoms with Gasteiger partial charge in [0.15, 0.2) is 0 Å². The van der Waals surface area contributed by atoms with Gasteiger partial charge < -0.3 is 5.32 Å². The van der Waals surface area contributed by atoms with Gasteiger partial charge in [0.05, 0.1) is 11.4 Å². The number of aromatic nitrogens is 4. The summed E-state index contributed by atoms with van der Waals surface area (Å²) in [5, 5.41) is 9.90. The van der Waals surface area contributed by atoms with Crippen LogP contribution >= 0.6 is 0 Å². The molecule has 2 aromatic heterocycles. The summed E-state index contributed by atoms with van der Waals surface area (Å²) in [7, 11) is 0. The summed E-state index contributed by atoms with van der Waals surface area (Å²) in [6.45, 7) is 3.79. The van der Waals surface area contributed by atoms with E-state index in [1.54, 1.807) is 6.07 Å². The third-order valence-electron chi connectivity index (χ3n) is 4.51. The van der Waals surface area contributed by atoms with E-state index in [0.29, 0.717) is 23.1 Å². The average Bonchev–Trinajstić information content (AvgIpc) is 3.23. The van der Waals surface area contributed by atoms with Gasteiger partial charge in [-0.2, -0.15) is 9.78 Å². The summed E-state index contributed by atoms with van der Waals surface area (Å²) in [5.74, 6) is 0.734. The quantitative estimate of drug-likeness (QED) is 0.664. The van der Waals surface area contributed by atoms with Gasteiger partial charge in [-0.25, -0.2) is 9.78 Å². The molecule has 1 aromatic carbocycles. The van der Waals surface area contributed by atoms with Gasteiger partial charge in [-0.1, -0.05) is 17.7 Å². The molecule has 2 amide bonds. The molecular formula is C19H20N6O2. The van der Waals surface area contributed by atoms with Crippen molar-refractivity contribution in [2.24, 2.45) is 0 Å². The molecule has 0 unspecified atom stereocenters. The normalized spacial score (nSPS) is 12.7. The second-order valence-electron chi connectivity index (χ2n) is 6.70. The Morgan fingerprint density at radius 1 is 1.15 bits per heavy atom. The molecule has 0 aliphatic heterocycles. The smallest absolute Gasteiger partial charge is 0.308 e. The molecule has 0 atom stereocenters. The van der Waals surface area contributed by atoms with Gasteiger partial charge in [0.1, 0.15) is 5.82 Å². The highest BCUT2D eigenvalue weighted by Crippen LogP contribution is 2.19. The SMILES string of the molecule is Cc1ccc(NC(=O)Nc2cc(C)nn2-c2nc3c(c(=O)[nH]2)CCC3)cc1. The number of aryl methyl sites for hydroxylation is 3. The van der Waals surface area contributed by atoms with E-state index in [4.69, 9.17) is 0 Å². The minimum Gasteiger partial charge on any atom is -0.308 e. The fourth-order valence-corrected chi connectivity index (χ4v) is 3.19. The van der Waals surface area contributed by atoms with Crippen LogP contribution in [0.3, 0.4) is 0 Å². The van der Waals surface area contributed by atoms with Crippen molar-refractivity contribution in [3.05, 3.63) is 63.2 Å². The van der Waals surface area contributed by atoms with Crippen LogP contribution in [0.25, 0.3) is 5.95 Å². The molecule has 4 rings (SSSR count). The maximum absolute atomic E-state index is 12.4. The number of nitrogens with one attached hydrogen (secondary N) is 3. The number of nitrogens with zero attached hydrogens (tertiary/aromatic N) is 3. The third kappa shape index (κ3) is 3.46. The van der Waals surface area contributed by atoms with Crippen LogP contribution in [0.15, 0.2) is 35.1 Å². The minimum atomic E-state index is -0.400. The summed E-state index contributed by atoms with van der Waals surface area (Å²) in [6, 6.07) is 8.83. The van der Waals surface area contributed by atoms with Crippen molar-refractivity contribution < 1.29 is 4.79 Å². The van der Waals surface area contributed by atoms with Gasteiger partial charge in [0, 0.05) is 17.3 Å². The van der Waals surface area contributed by atoms with Gasteiger partial charge in [-0.05, 0) is 45.2 Å². The van der Waals surface area contributed by atoms with Gasteiger partial charge in [0.2, 0.25) is 5.95 Å². The van der Waals surface area contributed by atoms with Crippen molar-refractivity contribution in [3.63, 3.8) is 0 Å². The summed E-state index contributed by atoms with van der Waals surface area (Å²) >= 11 is 0. The van der Waals surface area contributed by atoms with Crippen LogP contribution in [-0.4, -0.2) is 25.8 Å². The van der Waals surface area contributed by atoms with E-state index in [2.05, 4.69) is 25.7 Å². The van der Waals surface area contributed by atoms with Crippen LogP contribution in [0.1, 0.15) is 28.9 Å². The number of carbonyl (C=O) groups excluding carboxylic acids is 1. The molecule has 1 aliphatic rings. The van der Waals surface area contributed by atoms with Crippen LogP contribution in [-0.2, 0) is 12.8 Å². The Hall–Kier alpha value is -3.42. The summed E-state index contributed by atoms with van der Waals surface area (Å²) in [6.07, 6.45) is 2.46. The first-order valence-electron chi connectivity index (χ1n) is 8.83. The lowest BCUT2D eigenvalue weighted by Crippen LogP contribution is -2.23. The van der Waals surface area contributed by atoms with Crippen LogP contribution in [0.5, 0.6) is 0 Å². The number of fused-ring (bicyclic) bond motifs is 1. The average molecular weight is 364 g/mol. The Bertz CT molecular complexity index is 1060. The molecule has 138 valence electrons. The van der Waals surface area contributed by atoms with Gasteiger partial charge in [-0.15, -0.1) is 0 Å². The molecule has 0 spiro atoms. The molecule has 8 nitrogen and oxygen atoms in total. The van der Waals surface area contributed by atoms with E-state index in [0.717, 1.165) is 36.1 Å². The highest BCUT2D eigenvalue weighted by molar-refractivity contribution is 5.99. The van der Waals surface area contributed by atoms with Gasteiger partial charge in [-0.3, -0.25) is 15.1 Å². The number of benzene rings is 1. The molecule has 1 aliphatic carbocycles. The van der Waals surface area contributed by atoms with Crippen LogP contribution in [0.2, 0.25) is 0 Å². The Morgan fingerprint density at radius 3 is 2.70 bits per heavy atom. The lowest BCUT2D eigenvalue weighted by Gasteiger charge is -2.10. The summed E-state index contributed by atoms with van der Waals surface area (Å²) in [4.78, 5) is 31.9. The van der Waals surface area contributed by atoms with Crippen molar-refractivity contribution in [2.45, 2.75) is 33.1 Å². The van der Waals surface area contributed by atoms with Crippen molar-refractivity contribution in [2.75, 3.05) is 10.6 Å². The van der Waals surface area contributed by atoms with E-state index in [9.17, 15) is 9.59 Å². The van der Waals surface area contributed by atoms with Crippen LogP contribution in [0, 0.1) is 13.8 Å². The predicted molar refractivity (Wildman–Crippen MR) is 103 cm³/mol. The number of rotatable bonds is 3. The van der Waals surface area contributed by atoms with Gasteiger partial charge in [0.25, 0.3) is 5.56 Å². The van der Waals surface area contributed by atoms with Crippen LogP contribution in [0.4, 0.5) is 16.3 Å². The highest BCUT2D eigenvalue weighted by atomic mass is 16.2. The summed E-state index contributed by atoms with van der Waals surface area (Å²) in [5.41, 5.74) is 3.90. The van der Waals surface area contributed by atoms with E-state index < -0.39 is 6.03 Å². The molecule has 0 radical (unpaired) electrons. The molecule has 3 aromatic rings. The number of amides is 2. The first-order chi connectivity index (χ1) is 13.0. The Labute approximate surface area is 155 Å². The summed E-state index contributed by atoms with van der Waals surface area (Å²) < 4.78 is 1.45. The number of hydrogen-bond acceptors (Lipinski definition) is 4. The second kappa shape index (κ2) is 6.71. The number of urea groups is 1. The minimum absolute atomic E-state index is 0.143. The molecule has 0 bridgehead atoms. The molecular weight excluding hydrogens is 344 g/mol. The van der Waals surface area contributed by atoms with E-state index >= 15 is 0 Å². The molecule has 0 fully saturated rings. The van der Waals surface area contributed by atoms with E-state index in [1.165, 1.54) is 4.68 Å². The zero-order valence-electron chi connectivity index (χ0n) is 15.2. The number of hydrogen-bond donors (Lipinski definition) is 3. The van der Waals surface area contributed by atoms with Crippen molar-refractivity contribution >= 4 is 17.5 Å². The zero-order chi connectivity index (χ0) is 19.0. The first-order valence-corrected chi connectivity index (χ1v) is 8.83. The van der Waals surface area contributed by atoms with Crippen molar-refractivity contribution in [3.8, 4) is 5.95 Å². The number of carbonyl (C=O) groups is 1. The topological polar surface area (TPSA) is 105 Å². The monoisotopic (exact) mass is 364 g/mol. The molecule has 0 saturated carbocycles. The standard InChI is InChI=1S/C19H20N6O2/c1-11-6-8-13(9-7-11)20-19(27)22-16-10-12(2)24-25(16)18-21-15-5-3-4-14(15)17(26)23-18/h6-10H,3-5H2,1-2H3,(H2,20,22,27)(H,21,23,26). The fraction of sp³-hybridized carbons (Fsp3) is 0.263. The van der Waals surface area contributed by atoms with Crippen molar-refractivity contribution in [1.29, 1.82) is 0 Å². The Kier molecular flexibility index (Phi) is 4.23.